The number of carbonyl (C=O) groups is 2. The van der Waals surface area contributed by atoms with Gasteiger partial charge in [0.15, 0.2) is 0 Å². The van der Waals surface area contributed by atoms with E-state index in [1.807, 2.05) is 6.07 Å². The molecule has 2 N–H and O–H groups in total. The smallest absolute Gasteiger partial charge is 0.337 e. The van der Waals surface area contributed by atoms with Crippen molar-refractivity contribution in [3.05, 3.63) is 75.3 Å². The van der Waals surface area contributed by atoms with Gasteiger partial charge in [-0.15, -0.1) is 0 Å². The quantitative estimate of drug-likeness (QED) is 0.666. The van der Waals surface area contributed by atoms with Gasteiger partial charge in [-0.1, -0.05) is 35.3 Å². The van der Waals surface area contributed by atoms with E-state index in [2.05, 4.69) is 5.32 Å². The molecule has 5 nitrogen and oxygen atoms in total. The van der Waals surface area contributed by atoms with Crippen molar-refractivity contribution in [1.29, 1.82) is 5.26 Å². The van der Waals surface area contributed by atoms with Gasteiger partial charge in [-0.3, -0.25) is 4.79 Å². The number of halogens is 2. The molecule has 0 unspecified atom stereocenters. The summed E-state index contributed by atoms with van der Waals surface area (Å²) in [6.45, 7) is 0. The highest BCUT2D eigenvalue weighted by Gasteiger charge is 2.17. The minimum absolute atomic E-state index is 0.0164. The third-order valence-corrected chi connectivity index (χ3v) is 4.32. The molecular weight excluding hydrogens is 375 g/mol. The first-order valence-electron chi connectivity index (χ1n) is 7.36. The van der Waals surface area contributed by atoms with Crippen molar-refractivity contribution in [3.8, 4) is 6.07 Å². The van der Waals surface area contributed by atoms with Crippen LogP contribution in [0.5, 0.6) is 0 Å². The molecule has 0 radical (unpaired) electrons. The van der Waals surface area contributed by atoms with E-state index in [0.29, 0.717) is 10.6 Å². The normalized spacial score (nSPS) is 10.3. The lowest BCUT2D eigenvalue weighted by Gasteiger charge is -2.11. The predicted octanol–water partition coefficient (Wildman–Crippen LogP) is 4.97. The van der Waals surface area contributed by atoms with Crippen LogP contribution >= 0.6 is 23.2 Å². The Labute approximate surface area is 158 Å². The molecule has 1 amide bonds. The topological polar surface area (TPSA) is 90.2 Å². The molecule has 0 fully saturated rings. The van der Waals surface area contributed by atoms with Crippen LogP contribution in [0.1, 0.15) is 26.3 Å². The van der Waals surface area contributed by atoms with Crippen LogP contribution in [-0.2, 0) is 0 Å². The Morgan fingerprint density at radius 3 is 2.38 bits per heavy atom. The Balaban J connectivity index is 1.97. The molecule has 0 heterocycles. The molecular formula is C19H10Cl2N2O3. The van der Waals surface area contributed by atoms with E-state index in [4.69, 9.17) is 28.5 Å². The van der Waals surface area contributed by atoms with Crippen LogP contribution in [0.4, 0.5) is 5.69 Å². The largest absolute Gasteiger partial charge is 0.478 e. The van der Waals surface area contributed by atoms with E-state index < -0.39 is 11.9 Å². The van der Waals surface area contributed by atoms with Gasteiger partial charge in [0.1, 0.15) is 6.07 Å². The average molecular weight is 385 g/mol. The predicted molar refractivity (Wildman–Crippen MR) is 100 cm³/mol. The van der Waals surface area contributed by atoms with Crippen molar-refractivity contribution in [2.24, 2.45) is 0 Å². The van der Waals surface area contributed by atoms with Crippen molar-refractivity contribution in [2.75, 3.05) is 5.32 Å². The first kappa shape index (κ1) is 17.7. The number of nitrogens with zero attached hydrogens (tertiary/aromatic N) is 1. The fourth-order valence-electron chi connectivity index (χ4n) is 2.49. The SMILES string of the molecule is N#Cc1cc(C(=O)O)c(NC(=O)c2ccc3cc(Cl)ccc3c2)cc1Cl. The molecule has 7 heteroatoms. The molecule has 128 valence electrons. The number of carbonyl (C=O) groups excluding carboxylic acids is 1. The lowest BCUT2D eigenvalue weighted by molar-refractivity contribution is 0.0698. The van der Waals surface area contributed by atoms with Gasteiger partial charge < -0.3 is 10.4 Å². The second-order valence-corrected chi connectivity index (χ2v) is 6.30. The minimum atomic E-state index is -1.28. The maximum absolute atomic E-state index is 12.5. The Kier molecular flexibility index (Phi) is 4.81. The number of carboxylic acids is 1. The number of fused-ring (bicyclic) bond motifs is 1. The van der Waals surface area contributed by atoms with Gasteiger partial charge in [0.05, 0.1) is 21.8 Å². The van der Waals surface area contributed by atoms with Crippen LogP contribution < -0.4 is 5.32 Å². The highest BCUT2D eigenvalue weighted by atomic mass is 35.5. The third-order valence-electron chi connectivity index (χ3n) is 3.77. The number of hydrogen-bond acceptors (Lipinski definition) is 3. The van der Waals surface area contributed by atoms with Crippen molar-refractivity contribution in [1.82, 2.24) is 0 Å². The molecule has 0 bridgehead atoms. The second kappa shape index (κ2) is 7.04. The van der Waals surface area contributed by atoms with Gasteiger partial charge in [0.25, 0.3) is 5.91 Å². The number of carboxylic acid groups (broad SMARTS) is 1. The maximum Gasteiger partial charge on any atom is 0.337 e. The molecule has 0 atom stereocenters. The number of benzene rings is 3. The number of anilines is 1. The summed E-state index contributed by atoms with van der Waals surface area (Å²) < 4.78 is 0. The van der Waals surface area contributed by atoms with Crippen LogP contribution in [0, 0.1) is 11.3 Å². The van der Waals surface area contributed by atoms with Crippen molar-refractivity contribution in [2.45, 2.75) is 0 Å². The fraction of sp³-hybridized carbons (Fsp3) is 0. The molecule has 3 rings (SSSR count). The van der Waals surface area contributed by atoms with Crippen LogP contribution in [0.2, 0.25) is 10.0 Å². The summed E-state index contributed by atoms with van der Waals surface area (Å²) in [5.41, 5.74) is 0.163. The number of nitrogens with one attached hydrogen (secondary N) is 1. The molecule has 0 saturated carbocycles. The van der Waals surface area contributed by atoms with Gasteiger partial charge in [0, 0.05) is 10.6 Å². The molecule has 0 aliphatic rings. The summed E-state index contributed by atoms with van der Waals surface area (Å²) in [5.74, 6) is -1.77. The summed E-state index contributed by atoms with van der Waals surface area (Å²) in [5, 5.41) is 23.2. The Bertz CT molecular complexity index is 1100. The summed E-state index contributed by atoms with van der Waals surface area (Å²) in [6.07, 6.45) is 0. The number of aromatic carboxylic acids is 1. The van der Waals surface area contributed by atoms with Crippen molar-refractivity contribution < 1.29 is 14.7 Å². The first-order chi connectivity index (χ1) is 12.4. The number of nitriles is 1. The van der Waals surface area contributed by atoms with Crippen molar-refractivity contribution in [3.63, 3.8) is 0 Å². The van der Waals surface area contributed by atoms with Gasteiger partial charge in [-0.25, -0.2) is 4.79 Å². The molecule has 3 aromatic carbocycles. The van der Waals surface area contributed by atoms with Gasteiger partial charge in [-0.2, -0.15) is 5.26 Å². The summed E-state index contributed by atoms with van der Waals surface area (Å²) in [7, 11) is 0. The van der Waals surface area contributed by atoms with Gasteiger partial charge >= 0.3 is 5.97 Å². The molecule has 26 heavy (non-hydrogen) atoms. The first-order valence-corrected chi connectivity index (χ1v) is 8.12. The Morgan fingerprint density at radius 2 is 1.69 bits per heavy atom. The van der Waals surface area contributed by atoms with Crippen molar-refractivity contribution >= 4 is 51.5 Å². The fourth-order valence-corrected chi connectivity index (χ4v) is 2.88. The molecule has 0 aromatic heterocycles. The maximum atomic E-state index is 12.5. The number of rotatable bonds is 3. The van der Waals surface area contributed by atoms with Crippen LogP contribution in [-0.4, -0.2) is 17.0 Å². The Morgan fingerprint density at radius 1 is 1.00 bits per heavy atom. The number of amides is 1. The van der Waals surface area contributed by atoms with E-state index in [1.54, 1.807) is 36.4 Å². The van der Waals surface area contributed by atoms with Crippen LogP contribution in [0.25, 0.3) is 10.8 Å². The highest BCUT2D eigenvalue weighted by molar-refractivity contribution is 6.32. The van der Waals surface area contributed by atoms with E-state index >= 15 is 0 Å². The molecule has 0 saturated heterocycles. The Hall–Kier alpha value is -3.07. The zero-order chi connectivity index (χ0) is 18.8. The molecule has 0 aliphatic heterocycles. The van der Waals surface area contributed by atoms with E-state index in [-0.39, 0.29) is 21.8 Å². The van der Waals surface area contributed by atoms with Crippen LogP contribution in [0.3, 0.4) is 0 Å². The molecule has 3 aromatic rings. The monoisotopic (exact) mass is 384 g/mol. The van der Waals surface area contributed by atoms with Gasteiger partial charge in [0.2, 0.25) is 0 Å². The summed E-state index contributed by atoms with van der Waals surface area (Å²) in [4.78, 5) is 23.9. The summed E-state index contributed by atoms with van der Waals surface area (Å²) >= 11 is 11.9. The lowest BCUT2D eigenvalue weighted by Crippen LogP contribution is -2.15. The van der Waals surface area contributed by atoms with Gasteiger partial charge in [-0.05, 0) is 47.2 Å². The minimum Gasteiger partial charge on any atom is -0.478 e. The van der Waals surface area contributed by atoms with E-state index in [1.165, 1.54) is 6.07 Å². The standard InChI is InChI=1S/C19H10Cl2N2O3/c20-14-4-3-10-5-12(2-1-11(10)6-14)18(24)23-17-8-16(21)13(9-22)7-15(17)19(25)26/h1-8H,(H,23,24)(H,25,26). The van der Waals surface area contributed by atoms with E-state index in [9.17, 15) is 14.7 Å². The highest BCUT2D eigenvalue weighted by Crippen LogP contribution is 2.26. The van der Waals surface area contributed by atoms with E-state index in [0.717, 1.165) is 16.8 Å². The van der Waals surface area contributed by atoms with Crippen LogP contribution in [0.15, 0.2) is 48.5 Å². The zero-order valence-corrected chi connectivity index (χ0v) is 14.6. The molecule has 0 spiro atoms. The average Bonchev–Trinajstić information content (AvgIpc) is 2.61. The second-order valence-electron chi connectivity index (χ2n) is 5.45. The lowest BCUT2D eigenvalue weighted by atomic mass is 10.1. The number of hydrogen-bond donors (Lipinski definition) is 2. The third kappa shape index (κ3) is 3.47. The molecule has 0 aliphatic carbocycles. The summed E-state index contributed by atoms with van der Waals surface area (Å²) in [6, 6.07) is 14.5. The zero-order valence-electron chi connectivity index (χ0n) is 13.1.